The summed E-state index contributed by atoms with van der Waals surface area (Å²) in [6.45, 7) is 3.50. The fourth-order valence-corrected chi connectivity index (χ4v) is 5.65. The SMILES string of the molecule is COc1cc2c(c3c1c(=O)c1cc4ccccc4cc1n3C)[C@@H](O)[C@@H](OC(=O)/C=C/c1ccccc1)C(C)(C)O2. The number of aryl methyl sites for hydroxylation is 1. The van der Waals surface area contributed by atoms with Crippen LogP contribution in [0.1, 0.15) is 31.1 Å². The van der Waals surface area contributed by atoms with Gasteiger partial charge in [-0.3, -0.25) is 4.79 Å². The van der Waals surface area contributed by atoms with E-state index in [4.69, 9.17) is 14.2 Å². The quantitative estimate of drug-likeness (QED) is 0.181. The topological polar surface area (TPSA) is 87.0 Å². The number of aliphatic hydroxyl groups is 1. The van der Waals surface area contributed by atoms with Crippen molar-refractivity contribution in [3.63, 3.8) is 0 Å². The fraction of sp³-hybridized carbons (Fsp3) is 0.212. The van der Waals surface area contributed by atoms with E-state index in [0.29, 0.717) is 38.9 Å². The number of carbonyl (C=O) groups excluding carboxylic acids is 1. The highest BCUT2D eigenvalue weighted by molar-refractivity contribution is 6.04. The summed E-state index contributed by atoms with van der Waals surface area (Å²) in [5.74, 6) is 0.0921. The molecule has 7 nitrogen and oxygen atoms in total. The number of pyridine rings is 1. The molecular formula is C33H29NO6. The molecule has 0 saturated carbocycles. The number of esters is 1. The van der Waals surface area contributed by atoms with Crippen LogP contribution >= 0.6 is 0 Å². The first-order valence-corrected chi connectivity index (χ1v) is 13.1. The molecule has 0 aliphatic carbocycles. The third kappa shape index (κ3) is 4.10. The molecule has 0 saturated heterocycles. The number of nitrogens with zero attached hydrogens (tertiary/aromatic N) is 1. The van der Waals surface area contributed by atoms with Gasteiger partial charge in [-0.15, -0.1) is 0 Å². The van der Waals surface area contributed by atoms with Gasteiger partial charge in [-0.25, -0.2) is 4.79 Å². The van der Waals surface area contributed by atoms with Crippen molar-refractivity contribution >= 4 is 44.6 Å². The van der Waals surface area contributed by atoms with Crippen molar-refractivity contribution in [2.24, 2.45) is 7.05 Å². The zero-order valence-electron chi connectivity index (χ0n) is 22.7. The van der Waals surface area contributed by atoms with Gasteiger partial charge in [0, 0.05) is 24.6 Å². The molecule has 7 heteroatoms. The molecule has 202 valence electrons. The van der Waals surface area contributed by atoms with E-state index in [1.54, 1.807) is 26.0 Å². The summed E-state index contributed by atoms with van der Waals surface area (Å²) in [5, 5.41) is 14.6. The predicted molar refractivity (Wildman–Crippen MR) is 156 cm³/mol. The minimum absolute atomic E-state index is 0.218. The van der Waals surface area contributed by atoms with Gasteiger partial charge in [0.25, 0.3) is 0 Å². The Morgan fingerprint density at radius 1 is 1.02 bits per heavy atom. The standard InChI is InChI=1S/C33H29NO6/c1-33(2)32(39-26(35)15-14-19-10-6-5-7-11-19)31(37)28-25(40-33)18-24(38-4)27-29(28)34(3)23-17-21-13-9-8-12-20(21)16-22(23)30(27)36/h5-18,31-32,37H,1-4H3/b15-14+/t31-,32-/m1/s1. The maximum atomic E-state index is 14.0. The van der Waals surface area contributed by atoms with Crippen molar-refractivity contribution in [3.05, 3.63) is 100 Å². The van der Waals surface area contributed by atoms with Gasteiger partial charge in [0.05, 0.1) is 29.1 Å². The monoisotopic (exact) mass is 535 g/mol. The molecule has 2 heterocycles. The number of benzene rings is 4. The van der Waals surface area contributed by atoms with Crippen LogP contribution in [0.3, 0.4) is 0 Å². The summed E-state index contributed by atoms with van der Waals surface area (Å²) in [7, 11) is 3.34. The summed E-state index contributed by atoms with van der Waals surface area (Å²) in [4.78, 5) is 26.8. The van der Waals surface area contributed by atoms with Crippen molar-refractivity contribution in [2.45, 2.75) is 31.7 Å². The minimum Gasteiger partial charge on any atom is -0.496 e. The Kier molecular flexibility index (Phi) is 6.11. The molecule has 2 atom stereocenters. The van der Waals surface area contributed by atoms with E-state index < -0.39 is 23.8 Å². The van der Waals surface area contributed by atoms with Crippen LogP contribution < -0.4 is 14.9 Å². The fourth-order valence-electron chi connectivity index (χ4n) is 5.65. The number of fused-ring (bicyclic) bond motifs is 5. The number of aliphatic hydroxyl groups excluding tert-OH is 1. The molecule has 5 aromatic rings. The summed E-state index contributed by atoms with van der Waals surface area (Å²) >= 11 is 0. The lowest BCUT2D eigenvalue weighted by Crippen LogP contribution is -2.51. The largest absolute Gasteiger partial charge is 0.496 e. The molecular weight excluding hydrogens is 506 g/mol. The second kappa shape index (κ2) is 9.54. The average molecular weight is 536 g/mol. The zero-order chi connectivity index (χ0) is 28.2. The Bertz CT molecular complexity index is 1890. The first-order chi connectivity index (χ1) is 19.2. The lowest BCUT2D eigenvalue weighted by molar-refractivity contribution is -0.171. The van der Waals surface area contributed by atoms with Crippen LogP contribution in [-0.4, -0.2) is 34.5 Å². The molecule has 0 amide bonds. The first-order valence-electron chi connectivity index (χ1n) is 13.1. The van der Waals surface area contributed by atoms with Crippen molar-refractivity contribution < 1.29 is 24.1 Å². The molecule has 0 radical (unpaired) electrons. The second-order valence-corrected chi connectivity index (χ2v) is 10.6. The number of ether oxygens (including phenoxy) is 3. The van der Waals surface area contributed by atoms with Gasteiger partial charge in [-0.05, 0) is 48.4 Å². The number of hydrogen-bond donors (Lipinski definition) is 1. The molecule has 0 fully saturated rings. The van der Waals surface area contributed by atoms with Gasteiger partial charge in [-0.1, -0.05) is 54.6 Å². The number of aromatic nitrogens is 1. The summed E-state index contributed by atoms with van der Waals surface area (Å²) in [6, 6.07) is 22.7. The highest BCUT2D eigenvalue weighted by Crippen LogP contribution is 2.47. The second-order valence-electron chi connectivity index (χ2n) is 10.6. The summed E-state index contributed by atoms with van der Waals surface area (Å²) in [5.41, 5.74) is 1.08. The maximum absolute atomic E-state index is 14.0. The molecule has 6 rings (SSSR count). The highest BCUT2D eigenvalue weighted by atomic mass is 16.6. The third-order valence-electron chi connectivity index (χ3n) is 7.61. The van der Waals surface area contributed by atoms with Crippen molar-refractivity contribution in [2.75, 3.05) is 7.11 Å². The highest BCUT2D eigenvalue weighted by Gasteiger charge is 2.47. The Morgan fingerprint density at radius 2 is 1.70 bits per heavy atom. The van der Waals surface area contributed by atoms with Crippen LogP contribution in [-0.2, 0) is 16.6 Å². The van der Waals surface area contributed by atoms with Gasteiger partial charge in [0.1, 0.15) is 23.2 Å². The normalized spacial score (nSPS) is 18.1. The van der Waals surface area contributed by atoms with E-state index in [9.17, 15) is 14.7 Å². The molecule has 4 aromatic carbocycles. The summed E-state index contributed by atoms with van der Waals surface area (Å²) < 4.78 is 19.7. The molecule has 0 spiro atoms. The maximum Gasteiger partial charge on any atom is 0.331 e. The van der Waals surface area contributed by atoms with Crippen LogP contribution in [0.5, 0.6) is 11.5 Å². The van der Waals surface area contributed by atoms with E-state index in [0.717, 1.165) is 16.3 Å². The van der Waals surface area contributed by atoms with Crippen molar-refractivity contribution in [1.82, 2.24) is 4.57 Å². The Balaban J connectivity index is 1.53. The van der Waals surface area contributed by atoms with Crippen LogP contribution in [0.25, 0.3) is 38.7 Å². The minimum atomic E-state index is -1.27. The zero-order valence-corrected chi connectivity index (χ0v) is 22.7. The van der Waals surface area contributed by atoms with Crippen LogP contribution in [0.4, 0.5) is 0 Å². The number of rotatable bonds is 4. The molecule has 40 heavy (non-hydrogen) atoms. The summed E-state index contributed by atoms with van der Waals surface area (Å²) in [6.07, 6.45) is 0.658. The third-order valence-corrected chi connectivity index (χ3v) is 7.61. The van der Waals surface area contributed by atoms with Gasteiger partial charge >= 0.3 is 5.97 Å². The Morgan fingerprint density at radius 3 is 2.40 bits per heavy atom. The Hall–Kier alpha value is -4.62. The first kappa shape index (κ1) is 25.6. The number of hydrogen-bond acceptors (Lipinski definition) is 6. The van der Waals surface area contributed by atoms with Crippen LogP contribution in [0, 0.1) is 0 Å². The molecule has 1 aliphatic heterocycles. The van der Waals surface area contributed by atoms with Gasteiger partial charge in [-0.2, -0.15) is 0 Å². The lowest BCUT2D eigenvalue weighted by atomic mass is 9.86. The average Bonchev–Trinajstić information content (AvgIpc) is 2.95. The van der Waals surface area contributed by atoms with Gasteiger partial charge in [0.15, 0.2) is 6.10 Å². The van der Waals surface area contributed by atoms with E-state index in [-0.39, 0.29) is 5.43 Å². The van der Waals surface area contributed by atoms with E-state index in [2.05, 4.69) is 0 Å². The predicted octanol–water partition coefficient (Wildman–Crippen LogP) is 5.68. The van der Waals surface area contributed by atoms with Gasteiger partial charge in [0.2, 0.25) is 5.43 Å². The number of methoxy groups -OCH3 is 1. The van der Waals surface area contributed by atoms with E-state index in [1.165, 1.54) is 13.2 Å². The van der Waals surface area contributed by atoms with Crippen molar-refractivity contribution in [1.29, 1.82) is 0 Å². The van der Waals surface area contributed by atoms with Gasteiger partial charge < -0.3 is 23.9 Å². The lowest BCUT2D eigenvalue weighted by Gasteiger charge is -2.42. The van der Waals surface area contributed by atoms with Crippen LogP contribution in [0.2, 0.25) is 0 Å². The van der Waals surface area contributed by atoms with Crippen LogP contribution in [0.15, 0.2) is 83.7 Å². The Labute approximate surface area is 230 Å². The molecule has 0 unspecified atom stereocenters. The van der Waals surface area contributed by atoms with Crippen molar-refractivity contribution in [3.8, 4) is 11.5 Å². The number of carbonyl (C=O) groups is 1. The smallest absolute Gasteiger partial charge is 0.331 e. The molecule has 1 aliphatic rings. The molecule has 1 aromatic heterocycles. The molecule has 0 bridgehead atoms. The van der Waals surface area contributed by atoms with E-state index in [1.807, 2.05) is 78.3 Å². The molecule has 1 N–H and O–H groups in total. The van der Waals surface area contributed by atoms with E-state index >= 15 is 0 Å².